The number of rotatable bonds is 26. The lowest BCUT2D eigenvalue weighted by molar-refractivity contribution is -0.652. The van der Waals surface area contributed by atoms with E-state index in [2.05, 4.69) is 25.2 Å². The predicted molar refractivity (Wildman–Crippen MR) is 155 cm³/mol. The molecule has 0 saturated heterocycles. The molecule has 0 amide bonds. The minimum absolute atomic E-state index is 0.0202. The van der Waals surface area contributed by atoms with Crippen molar-refractivity contribution >= 4 is 14.6 Å². The Morgan fingerprint density at radius 1 is 0.868 bits per heavy atom. The maximum atomic E-state index is 11.9. The molecule has 2 unspecified atom stereocenters. The van der Waals surface area contributed by atoms with Crippen molar-refractivity contribution in [3.8, 4) is 5.75 Å². The van der Waals surface area contributed by atoms with Crippen LogP contribution in [0.5, 0.6) is 5.75 Å². The number of hydrogen-bond donors (Lipinski definition) is 2. The van der Waals surface area contributed by atoms with Crippen molar-refractivity contribution in [2.24, 2.45) is 0 Å². The first-order valence-corrected chi connectivity index (χ1v) is 16.2. The Morgan fingerprint density at radius 2 is 1.50 bits per heavy atom. The number of likely N-dealkylation sites (N-methyl/N-ethyl adjacent to an activating group) is 1. The SMILES string of the molecule is CCCCCCCCCCCCCCc1ccccc1OCC(COP(O)OCC[NH2+]CC)OC(=O)CC. The van der Waals surface area contributed by atoms with Gasteiger partial charge in [-0.05, 0) is 31.4 Å². The molecule has 0 radical (unpaired) electrons. The van der Waals surface area contributed by atoms with Crippen LogP contribution in [0.1, 0.15) is 110 Å². The molecule has 2 atom stereocenters. The lowest BCUT2D eigenvalue weighted by Crippen LogP contribution is -2.84. The molecule has 0 aliphatic carbocycles. The largest absolute Gasteiger partial charge is 0.489 e. The van der Waals surface area contributed by atoms with Gasteiger partial charge < -0.3 is 28.7 Å². The average molecular weight is 557 g/mol. The number of hydrogen-bond acceptors (Lipinski definition) is 6. The Morgan fingerprint density at radius 3 is 2.13 bits per heavy atom. The summed E-state index contributed by atoms with van der Waals surface area (Å²) in [5.74, 6) is 0.485. The molecule has 0 aliphatic heterocycles. The van der Waals surface area contributed by atoms with Gasteiger partial charge in [-0.3, -0.25) is 4.79 Å². The standard InChI is InChI=1S/C30H54NO6P/c1-4-7-8-9-10-11-12-13-14-15-16-17-20-27-21-18-19-22-29(27)34-25-28(37-30(32)5-2)26-36-38(33)35-24-23-31-6-3/h18-19,21-22,28,31,33H,4-17,20,23-26H2,1-3H3/p+1. The number of unbranched alkanes of at least 4 members (excludes halogenated alkanes) is 11. The lowest BCUT2D eigenvalue weighted by atomic mass is 10.0. The van der Waals surface area contributed by atoms with Crippen LogP contribution in [0.2, 0.25) is 0 Å². The summed E-state index contributed by atoms with van der Waals surface area (Å²) in [6, 6.07) is 8.05. The zero-order valence-corrected chi connectivity index (χ0v) is 25.2. The first kappa shape index (κ1) is 34.8. The number of carbonyl (C=O) groups excluding carboxylic acids is 1. The molecule has 0 spiro atoms. The van der Waals surface area contributed by atoms with Gasteiger partial charge in [-0.2, -0.15) is 0 Å². The number of ether oxygens (including phenoxy) is 2. The fraction of sp³-hybridized carbons (Fsp3) is 0.767. The van der Waals surface area contributed by atoms with E-state index < -0.39 is 14.7 Å². The number of aryl methyl sites for hydroxylation is 1. The summed E-state index contributed by atoms with van der Waals surface area (Å²) < 4.78 is 22.3. The fourth-order valence-corrected chi connectivity index (χ4v) is 4.81. The summed E-state index contributed by atoms with van der Waals surface area (Å²) in [7, 11) is -2.02. The number of quaternary nitrogens is 1. The van der Waals surface area contributed by atoms with Crippen LogP contribution in [0.3, 0.4) is 0 Å². The molecule has 7 nitrogen and oxygen atoms in total. The van der Waals surface area contributed by atoms with Gasteiger partial charge in [0.15, 0.2) is 6.10 Å². The van der Waals surface area contributed by atoms with Gasteiger partial charge in [0.2, 0.25) is 0 Å². The second-order valence-electron chi connectivity index (χ2n) is 9.88. The van der Waals surface area contributed by atoms with Crippen LogP contribution in [0.15, 0.2) is 24.3 Å². The number of nitrogens with two attached hydrogens (primary N) is 1. The molecule has 1 aromatic rings. The molecule has 3 N–H and O–H groups in total. The molecule has 220 valence electrons. The van der Waals surface area contributed by atoms with Crippen LogP contribution in [0.4, 0.5) is 0 Å². The van der Waals surface area contributed by atoms with Gasteiger partial charge in [0, 0.05) is 6.42 Å². The molecule has 8 heteroatoms. The third-order valence-corrected chi connectivity index (χ3v) is 7.24. The highest BCUT2D eigenvalue weighted by Gasteiger charge is 2.19. The predicted octanol–water partition coefficient (Wildman–Crippen LogP) is 6.47. The molecule has 0 heterocycles. The van der Waals surface area contributed by atoms with Gasteiger partial charge in [0.25, 0.3) is 0 Å². The van der Waals surface area contributed by atoms with Crippen molar-refractivity contribution in [3.05, 3.63) is 29.8 Å². The maximum Gasteiger partial charge on any atom is 0.330 e. The molecule has 38 heavy (non-hydrogen) atoms. The molecule has 1 aromatic carbocycles. The zero-order chi connectivity index (χ0) is 27.7. The van der Waals surface area contributed by atoms with E-state index in [0.29, 0.717) is 6.61 Å². The summed E-state index contributed by atoms with van der Waals surface area (Å²) in [6.45, 7) is 8.37. The van der Waals surface area contributed by atoms with E-state index in [0.717, 1.165) is 31.7 Å². The monoisotopic (exact) mass is 556 g/mol. The van der Waals surface area contributed by atoms with Gasteiger partial charge in [0.05, 0.1) is 19.7 Å². The number of esters is 1. The third kappa shape index (κ3) is 18.9. The first-order valence-electron chi connectivity index (χ1n) is 15.1. The summed E-state index contributed by atoms with van der Waals surface area (Å²) in [5.41, 5.74) is 1.17. The van der Waals surface area contributed by atoms with E-state index in [1.807, 2.05) is 18.2 Å². The van der Waals surface area contributed by atoms with Crippen LogP contribution in [-0.4, -0.2) is 49.9 Å². The van der Waals surface area contributed by atoms with Crippen molar-refractivity contribution in [2.45, 2.75) is 117 Å². The highest BCUT2D eigenvalue weighted by Crippen LogP contribution is 2.32. The van der Waals surface area contributed by atoms with Crippen molar-refractivity contribution in [2.75, 3.05) is 32.9 Å². The number of benzene rings is 1. The van der Waals surface area contributed by atoms with Crippen LogP contribution in [-0.2, 0) is 25.0 Å². The van der Waals surface area contributed by atoms with Gasteiger partial charge in [-0.15, -0.1) is 0 Å². The zero-order valence-electron chi connectivity index (χ0n) is 24.3. The topological polar surface area (TPSA) is 90.8 Å². The van der Waals surface area contributed by atoms with Crippen molar-refractivity contribution in [1.29, 1.82) is 0 Å². The van der Waals surface area contributed by atoms with Crippen molar-refractivity contribution in [3.63, 3.8) is 0 Å². The summed E-state index contributed by atoms with van der Waals surface area (Å²) in [4.78, 5) is 21.9. The number of carbonyl (C=O) groups is 1. The van der Waals surface area contributed by atoms with E-state index in [-0.39, 0.29) is 25.6 Å². The summed E-state index contributed by atoms with van der Waals surface area (Å²) >= 11 is 0. The van der Waals surface area contributed by atoms with E-state index in [1.165, 1.54) is 76.2 Å². The van der Waals surface area contributed by atoms with Crippen molar-refractivity contribution in [1.82, 2.24) is 0 Å². The van der Waals surface area contributed by atoms with Gasteiger partial charge in [-0.1, -0.05) is 103 Å². The van der Waals surface area contributed by atoms with Gasteiger partial charge in [0.1, 0.15) is 19.0 Å². The highest BCUT2D eigenvalue weighted by atomic mass is 31.2. The Hall–Kier alpha value is -1.24. The molecule has 0 aliphatic rings. The molecule has 0 bridgehead atoms. The van der Waals surface area contributed by atoms with Crippen molar-refractivity contribution < 1.29 is 33.5 Å². The fourth-order valence-electron chi connectivity index (χ4n) is 4.18. The summed E-state index contributed by atoms with van der Waals surface area (Å²) in [6.07, 6.45) is 16.6. The Bertz CT molecular complexity index is 692. The average Bonchev–Trinajstić information content (AvgIpc) is 2.93. The smallest absolute Gasteiger partial charge is 0.330 e. The molecular formula is C30H55NO6P+. The summed E-state index contributed by atoms with van der Waals surface area (Å²) in [5, 5.41) is 2.08. The molecular weight excluding hydrogens is 501 g/mol. The van der Waals surface area contributed by atoms with Crippen LogP contribution in [0.25, 0.3) is 0 Å². The van der Waals surface area contributed by atoms with Crippen LogP contribution < -0.4 is 10.1 Å². The normalized spacial score (nSPS) is 12.8. The minimum atomic E-state index is -2.02. The van der Waals surface area contributed by atoms with Crippen LogP contribution >= 0.6 is 8.60 Å². The van der Waals surface area contributed by atoms with Gasteiger partial charge >= 0.3 is 14.6 Å². The molecule has 1 rings (SSSR count). The Labute approximate surface area is 233 Å². The van der Waals surface area contributed by atoms with Crippen LogP contribution in [0, 0.1) is 0 Å². The first-order chi connectivity index (χ1) is 18.6. The number of para-hydroxylation sites is 1. The molecule has 0 fully saturated rings. The molecule has 0 saturated carbocycles. The van der Waals surface area contributed by atoms with E-state index >= 15 is 0 Å². The highest BCUT2D eigenvalue weighted by molar-refractivity contribution is 7.40. The second-order valence-corrected chi connectivity index (χ2v) is 10.9. The van der Waals surface area contributed by atoms with E-state index in [9.17, 15) is 9.69 Å². The molecule has 0 aromatic heterocycles. The van der Waals surface area contributed by atoms with Gasteiger partial charge in [-0.25, -0.2) is 0 Å². The Balaban J connectivity index is 2.35. The quantitative estimate of drug-likeness (QED) is 0.0773. The Kier molecular flexibility index (Phi) is 22.7. The second kappa shape index (κ2) is 24.8. The maximum absolute atomic E-state index is 11.9. The lowest BCUT2D eigenvalue weighted by Gasteiger charge is -2.20. The minimum Gasteiger partial charge on any atom is -0.489 e. The van der Waals surface area contributed by atoms with E-state index in [1.54, 1.807) is 6.92 Å². The van der Waals surface area contributed by atoms with E-state index in [4.69, 9.17) is 18.5 Å². The third-order valence-electron chi connectivity index (χ3n) is 6.47.